The summed E-state index contributed by atoms with van der Waals surface area (Å²) in [6, 6.07) is 13.9. The van der Waals surface area contributed by atoms with E-state index in [4.69, 9.17) is 4.74 Å². The lowest BCUT2D eigenvalue weighted by Gasteiger charge is -2.29. The molecule has 2 amide bonds. The number of rotatable bonds is 4. The van der Waals surface area contributed by atoms with Crippen LogP contribution in [-0.4, -0.2) is 51.6 Å². The second-order valence-electron chi connectivity index (χ2n) is 8.28. The maximum absolute atomic E-state index is 13.7. The van der Waals surface area contributed by atoms with Gasteiger partial charge in [-0.3, -0.25) is 9.59 Å². The summed E-state index contributed by atoms with van der Waals surface area (Å²) in [5.74, 6) is -0.379. The second-order valence-corrected chi connectivity index (χ2v) is 8.28. The first kappa shape index (κ1) is 22.0. The fourth-order valence-corrected chi connectivity index (χ4v) is 4.47. The molecular weight excluding hydrogens is 449 g/mol. The van der Waals surface area contributed by atoms with E-state index in [-0.39, 0.29) is 36.7 Å². The summed E-state index contributed by atoms with van der Waals surface area (Å²) in [6.45, 7) is 0.700. The van der Waals surface area contributed by atoms with Crippen LogP contribution in [0.15, 0.2) is 48.5 Å². The average Bonchev–Trinajstić information content (AvgIpc) is 3.43. The molecule has 0 fully saturated rings. The van der Waals surface area contributed by atoms with Crippen molar-refractivity contribution in [2.45, 2.75) is 25.7 Å². The minimum absolute atomic E-state index is 0.00967. The Bertz CT molecular complexity index is 1240. The molecule has 176 valence electrons. The molecule has 2 aliphatic rings. The van der Waals surface area contributed by atoms with Crippen molar-refractivity contribution in [2.24, 2.45) is 0 Å². The van der Waals surface area contributed by atoms with E-state index in [1.807, 2.05) is 24.3 Å². The molecule has 10 heteroatoms. The van der Waals surface area contributed by atoms with E-state index in [1.54, 1.807) is 17.0 Å². The third-order valence-corrected chi connectivity index (χ3v) is 6.21. The third kappa shape index (κ3) is 3.78. The van der Waals surface area contributed by atoms with Crippen molar-refractivity contribution in [3.05, 3.63) is 76.6 Å². The first-order valence-corrected chi connectivity index (χ1v) is 10.7. The van der Waals surface area contributed by atoms with Crippen molar-refractivity contribution in [2.75, 3.05) is 20.2 Å². The van der Waals surface area contributed by atoms with E-state index in [2.05, 4.69) is 5.10 Å². The molecule has 0 radical (unpaired) electrons. The molecule has 34 heavy (non-hydrogen) atoms. The van der Waals surface area contributed by atoms with Crippen LogP contribution in [0.2, 0.25) is 0 Å². The van der Waals surface area contributed by atoms with Gasteiger partial charge in [-0.25, -0.2) is 4.68 Å². The fraction of sp³-hybridized carbons (Fsp3) is 0.292. The SMILES string of the molecule is COc1ccc(-n2nc(C(F)(F)F)c3c2C(=O)N(CC(=O)N2Cc4ccccc4C2)CC3)cc1. The zero-order valence-electron chi connectivity index (χ0n) is 18.3. The zero-order valence-corrected chi connectivity index (χ0v) is 18.3. The largest absolute Gasteiger partial charge is 0.497 e. The van der Waals surface area contributed by atoms with E-state index >= 15 is 0 Å². The molecule has 0 atom stereocenters. The Labute approximate surface area is 193 Å². The minimum Gasteiger partial charge on any atom is -0.497 e. The van der Waals surface area contributed by atoms with Crippen molar-refractivity contribution in [1.29, 1.82) is 0 Å². The Kier molecular flexibility index (Phi) is 5.30. The number of carbonyl (C=O) groups excluding carboxylic acids is 2. The summed E-state index contributed by atoms with van der Waals surface area (Å²) in [4.78, 5) is 29.2. The lowest BCUT2D eigenvalue weighted by atomic mass is 10.0. The van der Waals surface area contributed by atoms with Gasteiger partial charge in [0, 0.05) is 25.2 Å². The molecule has 0 saturated carbocycles. The molecule has 7 nitrogen and oxygen atoms in total. The van der Waals surface area contributed by atoms with Crippen LogP contribution >= 0.6 is 0 Å². The minimum atomic E-state index is -4.71. The molecule has 3 aromatic rings. The summed E-state index contributed by atoms with van der Waals surface area (Å²) in [5, 5.41) is 3.77. The van der Waals surface area contributed by atoms with Crippen molar-refractivity contribution < 1.29 is 27.5 Å². The number of benzene rings is 2. The standard InChI is InChI=1S/C24H21F3N4O3/c1-34-18-8-6-17(7-9-18)31-21-19(22(28-31)24(25,26)27)10-11-29(23(21)33)14-20(32)30-12-15-4-2-3-5-16(15)13-30/h2-9H,10-14H2,1H3. The van der Waals surface area contributed by atoms with Gasteiger partial charge < -0.3 is 14.5 Å². The molecule has 2 aliphatic heterocycles. The van der Waals surface area contributed by atoms with Gasteiger partial charge >= 0.3 is 6.18 Å². The van der Waals surface area contributed by atoms with Gasteiger partial charge in [0.15, 0.2) is 5.69 Å². The molecule has 0 unspecified atom stereocenters. The van der Waals surface area contributed by atoms with Gasteiger partial charge in [0.1, 0.15) is 18.0 Å². The van der Waals surface area contributed by atoms with E-state index in [0.29, 0.717) is 24.5 Å². The highest BCUT2D eigenvalue weighted by Gasteiger charge is 2.43. The van der Waals surface area contributed by atoms with Gasteiger partial charge in [0.2, 0.25) is 5.91 Å². The van der Waals surface area contributed by atoms with Crippen LogP contribution in [0.3, 0.4) is 0 Å². The predicted octanol–water partition coefficient (Wildman–Crippen LogP) is 3.44. The summed E-state index contributed by atoms with van der Waals surface area (Å²) < 4.78 is 47.3. The highest BCUT2D eigenvalue weighted by molar-refractivity contribution is 5.98. The molecule has 5 rings (SSSR count). The van der Waals surface area contributed by atoms with Crippen LogP contribution in [0.4, 0.5) is 13.2 Å². The number of methoxy groups -OCH3 is 1. The number of hydrogen-bond acceptors (Lipinski definition) is 4. The number of fused-ring (bicyclic) bond motifs is 2. The van der Waals surface area contributed by atoms with E-state index in [0.717, 1.165) is 15.8 Å². The first-order valence-electron chi connectivity index (χ1n) is 10.7. The molecule has 0 spiro atoms. The molecule has 1 aromatic heterocycles. The van der Waals surface area contributed by atoms with E-state index < -0.39 is 17.8 Å². The molecule has 3 heterocycles. The van der Waals surface area contributed by atoms with E-state index in [1.165, 1.54) is 24.1 Å². The number of aromatic nitrogens is 2. The van der Waals surface area contributed by atoms with Gasteiger partial charge in [0.05, 0.1) is 12.8 Å². The van der Waals surface area contributed by atoms with Crippen LogP contribution in [0.5, 0.6) is 5.75 Å². The first-order chi connectivity index (χ1) is 16.3. The number of alkyl halides is 3. The number of hydrogen-bond donors (Lipinski definition) is 0. The average molecular weight is 470 g/mol. The molecule has 0 N–H and O–H groups in total. The van der Waals surface area contributed by atoms with Gasteiger partial charge in [0.25, 0.3) is 5.91 Å². The maximum atomic E-state index is 13.7. The molecule has 0 bridgehead atoms. The summed E-state index contributed by atoms with van der Waals surface area (Å²) in [7, 11) is 1.48. The fourth-order valence-electron chi connectivity index (χ4n) is 4.47. The zero-order chi connectivity index (χ0) is 24.0. The summed E-state index contributed by atoms with van der Waals surface area (Å²) in [6.07, 6.45) is -4.75. The molecule has 0 saturated heterocycles. The van der Waals surface area contributed by atoms with Gasteiger partial charge in [-0.05, 0) is 41.8 Å². The van der Waals surface area contributed by atoms with Crippen LogP contribution in [0, 0.1) is 0 Å². The van der Waals surface area contributed by atoms with Crippen molar-refractivity contribution >= 4 is 11.8 Å². The predicted molar refractivity (Wildman–Crippen MR) is 115 cm³/mol. The van der Waals surface area contributed by atoms with Crippen molar-refractivity contribution in [3.63, 3.8) is 0 Å². The highest BCUT2D eigenvalue weighted by atomic mass is 19.4. The number of amides is 2. The lowest BCUT2D eigenvalue weighted by molar-refractivity contribution is -0.142. The molecular formula is C24H21F3N4O3. The van der Waals surface area contributed by atoms with Crippen molar-refractivity contribution in [1.82, 2.24) is 19.6 Å². The lowest BCUT2D eigenvalue weighted by Crippen LogP contribution is -2.45. The van der Waals surface area contributed by atoms with Gasteiger partial charge in [-0.15, -0.1) is 0 Å². The van der Waals surface area contributed by atoms with Crippen LogP contribution < -0.4 is 4.74 Å². The number of ether oxygens (including phenoxy) is 1. The smallest absolute Gasteiger partial charge is 0.435 e. The van der Waals surface area contributed by atoms with Gasteiger partial charge in [-0.1, -0.05) is 24.3 Å². The van der Waals surface area contributed by atoms with Crippen LogP contribution in [0.1, 0.15) is 32.9 Å². The number of carbonyl (C=O) groups is 2. The Balaban J connectivity index is 1.43. The van der Waals surface area contributed by atoms with Gasteiger partial charge in [-0.2, -0.15) is 18.3 Å². The quantitative estimate of drug-likeness (QED) is 0.586. The Morgan fingerprint density at radius 2 is 1.71 bits per heavy atom. The summed E-state index contributed by atoms with van der Waals surface area (Å²) >= 11 is 0. The Morgan fingerprint density at radius 1 is 1.06 bits per heavy atom. The molecule has 2 aromatic carbocycles. The Hall–Kier alpha value is -3.82. The second kappa shape index (κ2) is 8.19. The maximum Gasteiger partial charge on any atom is 0.435 e. The Morgan fingerprint density at radius 3 is 2.29 bits per heavy atom. The van der Waals surface area contributed by atoms with E-state index in [9.17, 15) is 22.8 Å². The van der Waals surface area contributed by atoms with Crippen LogP contribution in [-0.2, 0) is 30.5 Å². The normalized spacial score (nSPS) is 15.4. The number of nitrogens with zero attached hydrogens (tertiary/aromatic N) is 4. The molecule has 0 aliphatic carbocycles. The van der Waals surface area contributed by atoms with Crippen molar-refractivity contribution in [3.8, 4) is 11.4 Å². The van der Waals surface area contributed by atoms with Crippen LogP contribution in [0.25, 0.3) is 5.69 Å². The topological polar surface area (TPSA) is 67.7 Å². The number of halogens is 3. The monoisotopic (exact) mass is 470 g/mol. The highest BCUT2D eigenvalue weighted by Crippen LogP contribution is 2.36. The third-order valence-electron chi connectivity index (χ3n) is 6.21. The summed E-state index contributed by atoms with van der Waals surface area (Å²) in [5.41, 5.74) is 1.01.